The highest BCUT2D eigenvalue weighted by Crippen LogP contribution is 2.20. The molecule has 1 amide bonds. The molecule has 2 atom stereocenters. The topological polar surface area (TPSA) is 63.2 Å². The zero-order chi connectivity index (χ0) is 15.5. The van der Waals surface area contributed by atoms with Gasteiger partial charge in [-0.3, -0.25) is 4.79 Å². The normalized spacial score (nSPS) is 21.9. The SMILES string of the molecule is CCc1ccc(C(C)CC(=O)NC2CCS(=O)(=O)C2)cc1. The summed E-state index contributed by atoms with van der Waals surface area (Å²) in [5.74, 6) is 0.336. The molecule has 5 heteroatoms. The summed E-state index contributed by atoms with van der Waals surface area (Å²) >= 11 is 0. The van der Waals surface area contributed by atoms with Gasteiger partial charge in [-0.1, -0.05) is 38.1 Å². The zero-order valence-corrected chi connectivity index (χ0v) is 13.4. The fourth-order valence-electron chi connectivity index (χ4n) is 2.67. The first-order valence-corrected chi connectivity index (χ1v) is 9.30. The molecule has 0 bridgehead atoms. The van der Waals surface area contributed by atoms with E-state index in [-0.39, 0.29) is 29.4 Å². The van der Waals surface area contributed by atoms with E-state index in [4.69, 9.17) is 0 Å². The molecule has 1 fully saturated rings. The lowest BCUT2D eigenvalue weighted by atomic mass is 9.96. The molecule has 0 aliphatic carbocycles. The van der Waals surface area contributed by atoms with Crippen LogP contribution in [0.2, 0.25) is 0 Å². The van der Waals surface area contributed by atoms with E-state index in [1.54, 1.807) is 0 Å². The van der Waals surface area contributed by atoms with E-state index in [1.807, 2.05) is 6.92 Å². The summed E-state index contributed by atoms with van der Waals surface area (Å²) in [6.07, 6.45) is 1.93. The van der Waals surface area contributed by atoms with E-state index < -0.39 is 9.84 Å². The Bertz CT molecular complexity index is 592. The van der Waals surface area contributed by atoms with Crippen LogP contribution in [0.5, 0.6) is 0 Å². The largest absolute Gasteiger partial charge is 0.352 e. The van der Waals surface area contributed by atoms with Crippen molar-refractivity contribution in [2.45, 2.75) is 45.1 Å². The van der Waals surface area contributed by atoms with Crippen molar-refractivity contribution in [2.75, 3.05) is 11.5 Å². The Balaban J connectivity index is 1.87. The highest BCUT2D eigenvalue weighted by atomic mass is 32.2. The molecule has 2 rings (SSSR count). The number of rotatable bonds is 5. The summed E-state index contributed by atoms with van der Waals surface area (Å²) in [6.45, 7) is 4.13. The van der Waals surface area contributed by atoms with Crippen molar-refractivity contribution in [1.82, 2.24) is 5.32 Å². The average molecular weight is 309 g/mol. The summed E-state index contributed by atoms with van der Waals surface area (Å²) in [6, 6.07) is 8.10. The van der Waals surface area contributed by atoms with E-state index >= 15 is 0 Å². The third-order valence-electron chi connectivity index (χ3n) is 4.05. The Morgan fingerprint density at radius 2 is 2.00 bits per heavy atom. The number of benzene rings is 1. The second-order valence-corrected chi connectivity index (χ2v) is 8.10. The smallest absolute Gasteiger partial charge is 0.220 e. The molecule has 1 saturated heterocycles. The van der Waals surface area contributed by atoms with Crippen molar-refractivity contribution in [2.24, 2.45) is 0 Å². The maximum absolute atomic E-state index is 12.0. The van der Waals surface area contributed by atoms with Gasteiger partial charge in [0.1, 0.15) is 0 Å². The van der Waals surface area contributed by atoms with Gasteiger partial charge in [0.25, 0.3) is 0 Å². The van der Waals surface area contributed by atoms with E-state index in [1.165, 1.54) is 5.56 Å². The van der Waals surface area contributed by atoms with Crippen LogP contribution >= 0.6 is 0 Å². The predicted octanol–water partition coefficient (Wildman–Crippen LogP) is 2.05. The summed E-state index contributed by atoms with van der Waals surface area (Å²) in [7, 11) is -2.94. The van der Waals surface area contributed by atoms with Gasteiger partial charge in [-0.15, -0.1) is 0 Å². The first-order chi connectivity index (χ1) is 9.89. The van der Waals surface area contributed by atoms with Crippen molar-refractivity contribution in [1.29, 1.82) is 0 Å². The third-order valence-corrected chi connectivity index (χ3v) is 5.81. The van der Waals surface area contributed by atoms with Gasteiger partial charge in [-0.05, 0) is 29.9 Å². The maximum atomic E-state index is 12.0. The molecule has 0 aromatic heterocycles. The minimum atomic E-state index is -2.94. The van der Waals surface area contributed by atoms with Gasteiger partial charge in [0.05, 0.1) is 11.5 Å². The first kappa shape index (κ1) is 16.0. The van der Waals surface area contributed by atoms with Crippen LogP contribution in [0.1, 0.15) is 43.7 Å². The lowest BCUT2D eigenvalue weighted by Crippen LogP contribution is -2.36. The minimum Gasteiger partial charge on any atom is -0.352 e. The van der Waals surface area contributed by atoms with Crippen molar-refractivity contribution in [3.8, 4) is 0 Å². The molecule has 116 valence electrons. The van der Waals surface area contributed by atoms with Gasteiger partial charge in [-0.2, -0.15) is 0 Å². The summed E-state index contributed by atoms with van der Waals surface area (Å²) in [4.78, 5) is 12.0. The van der Waals surface area contributed by atoms with Crippen LogP contribution < -0.4 is 5.32 Å². The Morgan fingerprint density at radius 3 is 2.52 bits per heavy atom. The minimum absolute atomic E-state index is 0.0656. The van der Waals surface area contributed by atoms with Crippen LogP contribution in [0.4, 0.5) is 0 Å². The average Bonchev–Trinajstić information content (AvgIpc) is 2.77. The van der Waals surface area contributed by atoms with Crippen LogP contribution in [0.25, 0.3) is 0 Å². The molecule has 0 radical (unpaired) electrons. The zero-order valence-electron chi connectivity index (χ0n) is 12.6. The quantitative estimate of drug-likeness (QED) is 0.905. The van der Waals surface area contributed by atoms with Crippen molar-refractivity contribution in [3.05, 3.63) is 35.4 Å². The Kier molecular flexibility index (Phi) is 5.04. The van der Waals surface area contributed by atoms with E-state index in [0.29, 0.717) is 12.8 Å². The summed E-state index contributed by atoms with van der Waals surface area (Å²) in [5, 5.41) is 2.84. The van der Waals surface area contributed by atoms with Crippen LogP contribution in [-0.2, 0) is 21.1 Å². The van der Waals surface area contributed by atoms with E-state index in [0.717, 1.165) is 12.0 Å². The molecule has 1 N–H and O–H groups in total. The number of amides is 1. The van der Waals surface area contributed by atoms with Gasteiger partial charge >= 0.3 is 0 Å². The molecule has 1 aromatic rings. The van der Waals surface area contributed by atoms with Crippen molar-refractivity contribution in [3.63, 3.8) is 0 Å². The van der Waals surface area contributed by atoms with Crippen LogP contribution in [0.3, 0.4) is 0 Å². The van der Waals surface area contributed by atoms with Crippen LogP contribution in [0.15, 0.2) is 24.3 Å². The molecule has 2 unspecified atom stereocenters. The van der Waals surface area contributed by atoms with Gasteiger partial charge < -0.3 is 5.32 Å². The van der Waals surface area contributed by atoms with E-state index in [2.05, 4.69) is 36.5 Å². The molecule has 1 aliphatic heterocycles. The molecule has 4 nitrogen and oxygen atoms in total. The number of aryl methyl sites for hydroxylation is 1. The van der Waals surface area contributed by atoms with Crippen molar-refractivity contribution < 1.29 is 13.2 Å². The highest BCUT2D eigenvalue weighted by molar-refractivity contribution is 7.91. The molecular weight excluding hydrogens is 286 g/mol. The van der Waals surface area contributed by atoms with Gasteiger partial charge in [0.15, 0.2) is 9.84 Å². The number of carbonyl (C=O) groups is 1. The lowest BCUT2D eigenvalue weighted by molar-refractivity contribution is -0.121. The van der Waals surface area contributed by atoms with Gasteiger partial charge in [-0.25, -0.2) is 8.42 Å². The molecule has 0 saturated carbocycles. The number of nitrogens with one attached hydrogen (secondary N) is 1. The monoisotopic (exact) mass is 309 g/mol. The second kappa shape index (κ2) is 6.60. The predicted molar refractivity (Wildman–Crippen MR) is 84.1 cm³/mol. The lowest BCUT2D eigenvalue weighted by Gasteiger charge is -2.15. The Morgan fingerprint density at radius 1 is 1.33 bits per heavy atom. The van der Waals surface area contributed by atoms with Gasteiger partial charge in [0, 0.05) is 12.5 Å². The van der Waals surface area contributed by atoms with E-state index in [9.17, 15) is 13.2 Å². The van der Waals surface area contributed by atoms with Crippen LogP contribution in [0, 0.1) is 0 Å². The Labute approximate surface area is 126 Å². The number of hydrogen-bond donors (Lipinski definition) is 1. The van der Waals surface area contributed by atoms with Crippen molar-refractivity contribution >= 4 is 15.7 Å². The third kappa shape index (κ3) is 4.56. The molecule has 1 aliphatic rings. The highest BCUT2D eigenvalue weighted by Gasteiger charge is 2.29. The number of sulfone groups is 1. The maximum Gasteiger partial charge on any atom is 0.220 e. The fraction of sp³-hybridized carbons (Fsp3) is 0.562. The Hall–Kier alpha value is -1.36. The molecule has 1 heterocycles. The molecular formula is C16H23NO3S. The number of hydrogen-bond acceptors (Lipinski definition) is 3. The standard InChI is InChI=1S/C16H23NO3S/c1-3-13-4-6-14(7-5-13)12(2)10-16(18)17-15-8-9-21(19,20)11-15/h4-7,12,15H,3,8-11H2,1-2H3,(H,17,18). The molecule has 21 heavy (non-hydrogen) atoms. The summed E-state index contributed by atoms with van der Waals surface area (Å²) in [5.41, 5.74) is 2.42. The van der Waals surface area contributed by atoms with Crippen LogP contribution in [-0.4, -0.2) is 31.9 Å². The summed E-state index contributed by atoms with van der Waals surface area (Å²) < 4.78 is 22.8. The van der Waals surface area contributed by atoms with Gasteiger partial charge in [0.2, 0.25) is 5.91 Å². The number of carbonyl (C=O) groups excluding carboxylic acids is 1. The fourth-order valence-corrected chi connectivity index (χ4v) is 4.35. The molecule has 1 aromatic carbocycles. The first-order valence-electron chi connectivity index (χ1n) is 7.48. The second-order valence-electron chi connectivity index (χ2n) is 5.87. The molecule has 0 spiro atoms.